The van der Waals surface area contributed by atoms with Crippen molar-refractivity contribution in [3.05, 3.63) is 0 Å². The van der Waals surface area contributed by atoms with Crippen molar-refractivity contribution in [1.82, 2.24) is 4.90 Å². The van der Waals surface area contributed by atoms with Crippen LogP contribution in [-0.2, 0) is 38.4 Å². The predicted molar refractivity (Wildman–Crippen MR) is 359 cm³/mol. The van der Waals surface area contributed by atoms with Gasteiger partial charge in [-0.2, -0.15) is 0 Å². The van der Waals surface area contributed by atoms with E-state index in [4.69, 9.17) is 0 Å². The lowest BCUT2D eigenvalue weighted by molar-refractivity contribution is -0.138. The van der Waals surface area contributed by atoms with Crippen LogP contribution in [0, 0.1) is 32.5 Å². The summed E-state index contributed by atoms with van der Waals surface area (Å²) in [4.78, 5) is 101. The number of nitrogens with zero attached hydrogens (tertiary/aromatic N) is 1. The smallest absolute Gasteiger partial charge is 0.242 e. The first-order valence-electron chi connectivity index (χ1n) is 32.0. The van der Waals surface area contributed by atoms with Crippen molar-refractivity contribution < 1.29 is 38.4 Å². The van der Waals surface area contributed by atoms with Gasteiger partial charge in [0.1, 0.15) is 34.7 Å². The number of hydrogen-bond donors (Lipinski definition) is 0. The predicted octanol–water partition coefficient (Wildman–Crippen LogP) is 19.8. The summed E-state index contributed by atoms with van der Waals surface area (Å²) in [6, 6.07) is 0. The number of ketones is 6. The molecule has 0 saturated carbocycles. The molecule has 14 heteroatoms. The van der Waals surface area contributed by atoms with Crippen LogP contribution in [0.1, 0.15) is 306 Å². The number of Topliss-reactive ketones (excluding diaryl/α,β-unsaturated/α-hetero) is 6. The highest BCUT2D eigenvalue weighted by Crippen LogP contribution is 2.42. The second kappa shape index (κ2) is 41.1. The van der Waals surface area contributed by atoms with Crippen LogP contribution in [0.3, 0.4) is 0 Å². The Morgan fingerprint density at radius 1 is 0.444 bits per heavy atom. The molecule has 0 spiro atoms. The van der Waals surface area contributed by atoms with Gasteiger partial charge in [-0.1, -0.05) is 181 Å². The Morgan fingerprint density at radius 3 is 1.21 bits per heavy atom. The molecule has 0 aromatic heterocycles. The van der Waals surface area contributed by atoms with Crippen molar-refractivity contribution >= 4 is 101 Å². The normalized spacial score (nSPS) is 15.0. The average Bonchev–Trinajstić information content (AvgIpc) is 3.74. The molecule has 81 heavy (non-hydrogen) atoms. The maximum Gasteiger partial charge on any atom is 0.242 e. The molecule has 1 aliphatic rings. The van der Waals surface area contributed by atoms with Crippen LogP contribution >= 0.6 is 54.9 Å². The van der Waals surface area contributed by atoms with Crippen molar-refractivity contribution in [2.75, 3.05) is 23.8 Å². The molecule has 0 aliphatic carbocycles. The monoisotopic (exact) mass is 1230 g/mol. The van der Waals surface area contributed by atoms with Gasteiger partial charge < -0.3 is 0 Å². The molecule has 9 nitrogen and oxygen atoms in total. The summed E-state index contributed by atoms with van der Waals surface area (Å²) in [7, 11) is 7.33. The van der Waals surface area contributed by atoms with E-state index >= 15 is 0 Å². The minimum atomic E-state index is -0.355. The number of hydrogen-bond acceptors (Lipinski definition) is 13. The number of unbranched alkanes of at least 4 members (excludes halogenated alkanes) is 2. The third kappa shape index (κ3) is 28.5. The molecular formula is C67H123NO8S5. The number of likely N-dealkylation sites (tertiary alicyclic amines) is 1. The van der Waals surface area contributed by atoms with Gasteiger partial charge in [-0.3, -0.25) is 43.3 Å². The number of thioether (sulfide) groups is 1. The second-order valence-electron chi connectivity index (χ2n) is 25.4. The second-order valence-corrected chi connectivity index (χ2v) is 32.8. The number of rotatable bonds is 45. The van der Waals surface area contributed by atoms with Gasteiger partial charge in [0.2, 0.25) is 11.8 Å². The highest BCUT2D eigenvalue weighted by atomic mass is 33.1. The Balaban J connectivity index is 0. The van der Waals surface area contributed by atoms with Gasteiger partial charge in [0, 0.05) is 111 Å². The van der Waals surface area contributed by atoms with E-state index in [1.165, 1.54) is 16.7 Å². The Kier molecular flexibility index (Phi) is 41.6. The van der Waals surface area contributed by atoms with Crippen molar-refractivity contribution in [3.63, 3.8) is 0 Å². The van der Waals surface area contributed by atoms with Crippen molar-refractivity contribution in [1.29, 1.82) is 0 Å². The summed E-state index contributed by atoms with van der Waals surface area (Å²) in [5.74, 6) is 4.42. The topological polar surface area (TPSA) is 140 Å². The van der Waals surface area contributed by atoms with Crippen molar-refractivity contribution in [3.8, 4) is 0 Å². The maximum atomic E-state index is 12.6. The van der Waals surface area contributed by atoms with Gasteiger partial charge in [0.25, 0.3) is 0 Å². The molecule has 0 aromatic carbocycles. The van der Waals surface area contributed by atoms with Crippen LogP contribution in [0.4, 0.5) is 0 Å². The van der Waals surface area contributed by atoms with E-state index in [1.807, 2.05) is 60.1 Å². The first-order valence-corrected chi connectivity index (χ1v) is 37.8. The van der Waals surface area contributed by atoms with E-state index in [2.05, 4.69) is 118 Å². The number of amides is 2. The molecule has 0 radical (unpaired) electrons. The molecule has 2 atom stereocenters. The fraction of sp³-hybridized carbons (Fsp3) is 0.881. The molecule has 1 heterocycles. The van der Waals surface area contributed by atoms with Crippen molar-refractivity contribution in [2.45, 2.75) is 321 Å². The summed E-state index contributed by atoms with van der Waals surface area (Å²) in [6.45, 7) is 44.5. The van der Waals surface area contributed by atoms with Crippen LogP contribution in [0.5, 0.6) is 0 Å². The summed E-state index contributed by atoms with van der Waals surface area (Å²) >= 11 is 1.44. The molecule has 1 rings (SSSR count). The molecule has 2 unspecified atom stereocenters. The van der Waals surface area contributed by atoms with E-state index in [9.17, 15) is 38.4 Å². The zero-order chi connectivity index (χ0) is 62.9. The summed E-state index contributed by atoms with van der Waals surface area (Å²) in [6.07, 6.45) is 19.9. The molecule has 1 saturated heterocycles. The fourth-order valence-corrected chi connectivity index (χ4v) is 15.5. The lowest BCUT2D eigenvalue weighted by atomic mass is 9.78. The maximum absolute atomic E-state index is 12.6. The lowest BCUT2D eigenvalue weighted by Gasteiger charge is -2.28. The van der Waals surface area contributed by atoms with Crippen LogP contribution in [0.15, 0.2) is 0 Å². The Morgan fingerprint density at radius 2 is 0.802 bits per heavy atom. The molecule has 0 aromatic rings. The molecular weight excluding hydrogens is 1110 g/mol. The zero-order valence-electron chi connectivity index (χ0n) is 55.9. The van der Waals surface area contributed by atoms with E-state index in [-0.39, 0.29) is 66.5 Å². The van der Waals surface area contributed by atoms with Crippen LogP contribution in [-0.4, -0.2) is 90.5 Å². The highest BCUT2D eigenvalue weighted by Gasteiger charge is 2.39. The fourth-order valence-electron chi connectivity index (χ4n) is 9.35. The van der Waals surface area contributed by atoms with Gasteiger partial charge in [0.05, 0.1) is 5.25 Å². The minimum absolute atomic E-state index is 0.0913. The Bertz CT molecular complexity index is 1880. The third-order valence-electron chi connectivity index (χ3n) is 19.8. The molecule has 0 N–H and O–H groups in total. The van der Waals surface area contributed by atoms with Crippen molar-refractivity contribution in [2.24, 2.45) is 32.5 Å². The summed E-state index contributed by atoms with van der Waals surface area (Å²) in [5.41, 5.74) is -1.08. The SMILES string of the molecule is CCC(C)(CC)C(=O)CCCCCN1C(=O)CC(SCCC(=O)C(C)(CC)CC)C1=O.CCC(C)(CC)C(=O)CCCSSC(C)(C)CCC(=O)C(C)(CC)CC.CCC(C)(CC)C(=O)CCSSC(C)CCC(=O)C(C)(CC)CC. The molecule has 2 amide bonds. The van der Waals surface area contributed by atoms with Crippen LogP contribution in [0.25, 0.3) is 0 Å². The summed E-state index contributed by atoms with van der Waals surface area (Å²) < 4.78 is 0.0913. The van der Waals surface area contributed by atoms with Gasteiger partial charge >= 0.3 is 0 Å². The van der Waals surface area contributed by atoms with Gasteiger partial charge in [-0.15, -0.1) is 11.8 Å². The number of imide groups is 1. The molecule has 1 aliphatic heterocycles. The van der Waals surface area contributed by atoms with E-state index in [0.717, 1.165) is 127 Å². The van der Waals surface area contributed by atoms with Crippen LogP contribution in [0.2, 0.25) is 0 Å². The first kappa shape index (κ1) is 82.0. The Labute approximate surface area is 518 Å². The molecule has 1 fully saturated rings. The number of carbonyl (C=O) groups excluding carboxylic acids is 8. The van der Waals surface area contributed by atoms with Crippen LogP contribution < -0.4 is 0 Å². The minimum Gasteiger partial charge on any atom is -0.299 e. The molecule has 474 valence electrons. The highest BCUT2D eigenvalue weighted by molar-refractivity contribution is 8.77. The third-order valence-corrected chi connectivity index (χ3v) is 27.4. The summed E-state index contributed by atoms with van der Waals surface area (Å²) in [5, 5.41) is 0.0990. The zero-order valence-corrected chi connectivity index (χ0v) is 60.0. The van der Waals surface area contributed by atoms with E-state index in [0.29, 0.717) is 85.0 Å². The largest absolute Gasteiger partial charge is 0.299 e. The first-order chi connectivity index (χ1) is 37.8. The quantitative estimate of drug-likeness (QED) is 0.0325. The number of carbonyl (C=O) groups is 8. The lowest BCUT2D eigenvalue weighted by Crippen LogP contribution is -2.32. The standard InChI is InChI=1S/C25H43NO4S.C22H42O2S2.C20H38O2S2/c1-7-24(5,8-2)20(27)14-12-11-13-16-26-22(29)18-19(23(26)30)31-17-15-21(28)25(6,9-3)10-4;1-9-21(7,10-2)18(23)14-13-17-25-26-20(5,6)16-15-19(24)22(8,11-3)12-4;1-8-19(6,9-2)17(21)13-12-16(5)24-23-15-14-18(22)20(7,10-3)11-4/h19H,7-18H2,1-6H3;9-17H2,1-8H3;16H,8-15H2,1-7H3. The van der Waals surface area contributed by atoms with Gasteiger partial charge in [0.15, 0.2) is 0 Å². The average molecular weight is 1230 g/mol. The van der Waals surface area contributed by atoms with Gasteiger partial charge in [-0.05, 0) is 123 Å². The van der Waals surface area contributed by atoms with E-state index in [1.54, 1.807) is 10.8 Å². The molecule has 0 bridgehead atoms. The van der Waals surface area contributed by atoms with E-state index < -0.39 is 0 Å². The Hall–Kier alpha value is -1.09. The van der Waals surface area contributed by atoms with Gasteiger partial charge in [-0.25, -0.2) is 0 Å².